The van der Waals surface area contributed by atoms with E-state index in [1.54, 1.807) is 13.2 Å². The van der Waals surface area contributed by atoms with Crippen LogP contribution >= 0.6 is 15.9 Å². The summed E-state index contributed by atoms with van der Waals surface area (Å²) >= 11 is 3.42. The van der Waals surface area contributed by atoms with Gasteiger partial charge in [-0.2, -0.15) is 0 Å². The lowest BCUT2D eigenvalue weighted by Crippen LogP contribution is -2.31. The van der Waals surface area contributed by atoms with E-state index in [-0.39, 0.29) is 18.2 Å². The van der Waals surface area contributed by atoms with Crippen LogP contribution in [-0.2, 0) is 9.47 Å². The molecule has 0 saturated heterocycles. The van der Waals surface area contributed by atoms with Crippen LogP contribution in [-0.4, -0.2) is 25.3 Å². The molecule has 3 nitrogen and oxygen atoms in total. The van der Waals surface area contributed by atoms with E-state index in [0.29, 0.717) is 5.56 Å². The fourth-order valence-corrected chi connectivity index (χ4v) is 3.00. The molecule has 0 amide bonds. The first kappa shape index (κ1) is 18.9. The average Bonchev–Trinajstić information content (AvgIpc) is 2.48. The Morgan fingerprint density at radius 1 is 1.41 bits per heavy atom. The molecule has 22 heavy (non-hydrogen) atoms. The normalized spacial score (nSPS) is 13.5. The second kappa shape index (κ2) is 9.80. The number of methoxy groups -OCH3 is 1. The van der Waals surface area contributed by atoms with Crippen LogP contribution in [0.4, 0.5) is 0 Å². The highest BCUT2D eigenvalue weighted by atomic mass is 79.9. The average molecular weight is 369 g/mol. The van der Waals surface area contributed by atoms with Gasteiger partial charge in [0.05, 0.1) is 5.56 Å². The van der Waals surface area contributed by atoms with Crippen LogP contribution in [0.15, 0.2) is 35.3 Å². The number of hydrogen-bond donors (Lipinski definition) is 0. The quantitative estimate of drug-likeness (QED) is 0.347. The van der Waals surface area contributed by atoms with Gasteiger partial charge in [-0.1, -0.05) is 38.0 Å². The first-order chi connectivity index (χ1) is 10.5. The van der Waals surface area contributed by atoms with Crippen molar-refractivity contribution in [3.05, 3.63) is 46.5 Å². The number of rotatable bonds is 9. The van der Waals surface area contributed by atoms with E-state index < -0.39 is 0 Å². The van der Waals surface area contributed by atoms with E-state index in [0.717, 1.165) is 35.7 Å². The minimum atomic E-state index is -0.324. The predicted octanol–water partition coefficient (Wildman–Crippen LogP) is 5.06. The lowest BCUT2D eigenvalue weighted by atomic mass is 10.0. The SMILES string of the molecule is C=C[C@@H](OC)[C@H](CCCCC)OC(=O)c1c(C)cccc1Br. The molecule has 0 spiro atoms. The smallest absolute Gasteiger partial charge is 0.339 e. The van der Waals surface area contributed by atoms with Gasteiger partial charge in [-0.3, -0.25) is 0 Å². The molecule has 2 atom stereocenters. The maximum Gasteiger partial charge on any atom is 0.339 e. The number of halogens is 1. The zero-order chi connectivity index (χ0) is 16.5. The molecule has 0 heterocycles. The second-order valence-electron chi connectivity index (χ2n) is 5.31. The van der Waals surface area contributed by atoms with E-state index in [1.807, 2.05) is 25.1 Å². The Bertz CT molecular complexity index is 479. The van der Waals surface area contributed by atoms with Gasteiger partial charge in [0.1, 0.15) is 12.2 Å². The van der Waals surface area contributed by atoms with Gasteiger partial charge in [0.15, 0.2) is 0 Å². The van der Waals surface area contributed by atoms with Crippen LogP contribution < -0.4 is 0 Å². The monoisotopic (exact) mass is 368 g/mol. The van der Waals surface area contributed by atoms with Gasteiger partial charge < -0.3 is 9.47 Å². The molecule has 0 unspecified atom stereocenters. The van der Waals surface area contributed by atoms with Crippen molar-refractivity contribution in [1.29, 1.82) is 0 Å². The Kier molecular flexibility index (Phi) is 8.43. The Balaban J connectivity index is 2.87. The summed E-state index contributed by atoms with van der Waals surface area (Å²) in [6.45, 7) is 7.81. The van der Waals surface area contributed by atoms with Gasteiger partial charge in [-0.15, -0.1) is 6.58 Å². The van der Waals surface area contributed by atoms with Gasteiger partial charge in [0, 0.05) is 11.6 Å². The van der Waals surface area contributed by atoms with Crippen LogP contribution in [0.3, 0.4) is 0 Å². The third-order valence-corrected chi connectivity index (χ3v) is 4.31. The summed E-state index contributed by atoms with van der Waals surface area (Å²) in [7, 11) is 1.61. The summed E-state index contributed by atoms with van der Waals surface area (Å²) < 4.78 is 11.9. The molecular formula is C18H25BrO3. The van der Waals surface area contributed by atoms with E-state index in [1.165, 1.54) is 0 Å². The Hall–Kier alpha value is -1.13. The number of carbonyl (C=O) groups is 1. The molecule has 0 aromatic heterocycles. The lowest BCUT2D eigenvalue weighted by Gasteiger charge is -2.24. The second-order valence-corrected chi connectivity index (χ2v) is 6.16. The molecular weight excluding hydrogens is 344 g/mol. The van der Waals surface area contributed by atoms with Crippen molar-refractivity contribution in [2.75, 3.05) is 7.11 Å². The molecule has 4 heteroatoms. The number of unbranched alkanes of at least 4 members (excludes halogenated alkanes) is 2. The van der Waals surface area contributed by atoms with Crippen LogP contribution in [0.5, 0.6) is 0 Å². The molecule has 1 rings (SSSR count). The molecule has 122 valence electrons. The number of ether oxygens (including phenoxy) is 2. The van der Waals surface area contributed by atoms with Crippen molar-refractivity contribution < 1.29 is 14.3 Å². The van der Waals surface area contributed by atoms with E-state index >= 15 is 0 Å². The number of esters is 1. The molecule has 0 aliphatic carbocycles. The summed E-state index contributed by atoms with van der Waals surface area (Å²) in [6.07, 6.45) is 5.09. The van der Waals surface area contributed by atoms with Gasteiger partial charge in [-0.25, -0.2) is 4.79 Å². The fourth-order valence-electron chi connectivity index (χ4n) is 2.37. The van der Waals surface area contributed by atoms with Crippen molar-refractivity contribution in [3.63, 3.8) is 0 Å². The first-order valence-electron chi connectivity index (χ1n) is 7.66. The van der Waals surface area contributed by atoms with Crippen molar-refractivity contribution >= 4 is 21.9 Å². The maximum absolute atomic E-state index is 12.5. The summed E-state index contributed by atoms with van der Waals surface area (Å²) in [4.78, 5) is 12.5. The standard InChI is InChI=1S/C18H25BrO3/c1-5-7-8-12-16(15(6-2)21-4)22-18(20)17-13(3)10-9-11-14(17)19/h6,9-11,15-16H,2,5,7-8,12H2,1,3-4H3/t15-,16+/m1/s1. The zero-order valence-electron chi connectivity index (χ0n) is 13.6. The van der Waals surface area contributed by atoms with E-state index in [2.05, 4.69) is 29.4 Å². The molecule has 1 aromatic rings. The number of hydrogen-bond acceptors (Lipinski definition) is 3. The summed E-state index contributed by atoms with van der Waals surface area (Å²) in [5, 5.41) is 0. The summed E-state index contributed by atoms with van der Waals surface area (Å²) in [5.41, 5.74) is 1.46. The number of aryl methyl sites for hydroxylation is 1. The Labute approximate surface area is 141 Å². The minimum Gasteiger partial charge on any atom is -0.456 e. The minimum absolute atomic E-state index is 0.288. The highest BCUT2D eigenvalue weighted by molar-refractivity contribution is 9.10. The molecule has 0 fully saturated rings. The van der Waals surface area contributed by atoms with Crippen molar-refractivity contribution in [2.24, 2.45) is 0 Å². The van der Waals surface area contributed by atoms with Crippen molar-refractivity contribution in [2.45, 2.75) is 51.7 Å². The zero-order valence-corrected chi connectivity index (χ0v) is 15.2. The Morgan fingerprint density at radius 2 is 2.14 bits per heavy atom. The molecule has 1 aromatic carbocycles. The van der Waals surface area contributed by atoms with Crippen LogP contribution in [0.25, 0.3) is 0 Å². The molecule has 0 N–H and O–H groups in total. The summed E-state index contributed by atoms with van der Waals surface area (Å²) in [6, 6.07) is 5.64. The van der Waals surface area contributed by atoms with Crippen LogP contribution in [0, 0.1) is 6.92 Å². The van der Waals surface area contributed by atoms with Crippen LogP contribution in [0.1, 0.15) is 48.5 Å². The van der Waals surface area contributed by atoms with Gasteiger partial charge >= 0.3 is 5.97 Å². The van der Waals surface area contributed by atoms with Gasteiger partial charge in [0.25, 0.3) is 0 Å². The predicted molar refractivity (Wildman–Crippen MR) is 93.2 cm³/mol. The maximum atomic E-state index is 12.5. The topological polar surface area (TPSA) is 35.5 Å². The highest BCUT2D eigenvalue weighted by Gasteiger charge is 2.25. The third-order valence-electron chi connectivity index (χ3n) is 3.65. The molecule has 0 aliphatic heterocycles. The van der Waals surface area contributed by atoms with Crippen molar-refractivity contribution in [1.82, 2.24) is 0 Å². The third kappa shape index (κ3) is 5.25. The van der Waals surface area contributed by atoms with Crippen molar-refractivity contribution in [3.8, 4) is 0 Å². The summed E-state index contributed by atoms with van der Waals surface area (Å²) in [5.74, 6) is -0.324. The van der Waals surface area contributed by atoms with Crippen LogP contribution in [0.2, 0.25) is 0 Å². The largest absolute Gasteiger partial charge is 0.456 e. The molecule has 0 radical (unpaired) electrons. The van der Waals surface area contributed by atoms with E-state index in [4.69, 9.17) is 9.47 Å². The van der Waals surface area contributed by atoms with Gasteiger partial charge in [0.2, 0.25) is 0 Å². The molecule has 0 bridgehead atoms. The van der Waals surface area contributed by atoms with Gasteiger partial charge in [-0.05, 0) is 47.3 Å². The number of carbonyl (C=O) groups excluding carboxylic acids is 1. The lowest BCUT2D eigenvalue weighted by molar-refractivity contribution is -0.0214. The first-order valence-corrected chi connectivity index (χ1v) is 8.45. The fraction of sp³-hybridized carbons (Fsp3) is 0.500. The van der Waals surface area contributed by atoms with E-state index in [9.17, 15) is 4.79 Å². The number of benzene rings is 1. The molecule has 0 aliphatic rings. The Morgan fingerprint density at radius 3 is 2.68 bits per heavy atom. The highest BCUT2D eigenvalue weighted by Crippen LogP contribution is 2.23. The molecule has 0 saturated carbocycles.